The molecule has 88 valence electrons. The monoisotopic (exact) mass is 232 g/mol. The molecular formula is C10H20N2O2S. The largest absolute Gasteiger partial charge is 0.352 e. The van der Waals surface area contributed by atoms with Crippen LogP contribution in [0.2, 0.25) is 0 Å². The third-order valence-corrected chi connectivity index (χ3v) is 3.24. The van der Waals surface area contributed by atoms with Crippen molar-refractivity contribution in [3.8, 4) is 0 Å². The van der Waals surface area contributed by atoms with E-state index >= 15 is 0 Å². The second-order valence-electron chi connectivity index (χ2n) is 4.09. The zero-order valence-electron chi connectivity index (χ0n) is 9.41. The van der Waals surface area contributed by atoms with E-state index in [1.807, 2.05) is 6.92 Å². The molecule has 0 spiro atoms. The van der Waals surface area contributed by atoms with Crippen molar-refractivity contribution in [1.29, 1.82) is 0 Å². The fourth-order valence-electron chi connectivity index (χ4n) is 1.24. The summed E-state index contributed by atoms with van der Waals surface area (Å²) in [5.41, 5.74) is 0. The van der Waals surface area contributed by atoms with Gasteiger partial charge in [0.25, 0.3) is 0 Å². The van der Waals surface area contributed by atoms with Crippen LogP contribution in [0.25, 0.3) is 0 Å². The van der Waals surface area contributed by atoms with Gasteiger partial charge in [-0.2, -0.15) is 0 Å². The Bertz CT molecular complexity index is 242. The molecule has 0 aromatic rings. The van der Waals surface area contributed by atoms with Gasteiger partial charge in [0.2, 0.25) is 5.91 Å². The Kier molecular flexibility index (Phi) is 5.25. The topological polar surface area (TPSA) is 58.2 Å². The van der Waals surface area contributed by atoms with Crippen LogP contribution in [-0.2, 0) is 15.6 Å². The Morgan fingerprint density at radius 2 is 2.20 bits per heavy atom. The molecule has 1 aliphatic rings. The van der Waals surface area contributed by atoms with Crippen molar-refractivity contribution < 1.29 is 9.00 Å². The minimum atomic E-state index is -0.731. The zero-order chi connectivity index (χ0) is 11.3. The SMILES string of the molecule is CC(NCCCS(C)=O)C(=O)NC1CC1. The summed E-state index contributed by atoms with van der Waals surface area (Å²) in [7, 11) is -0.731. The Labute approximate surface area is 93.7 Å². The van der Waals surface area contributed by atoms with Crippen molar-refractivity contribution in [2.24, 2.45) is 0 Å². The summed E-state index contributed by atoms with van der Waals surface area (Å²) >= 11 is 0. The highest BCUT2D eigenvalue weighted by Gasteiger charge is 2.25. The van der Waals surface area contributed by atoms with Crippen molar-refractivity contribution in [3.63, 3.8) is 0 Å². The summed E-state index contributed by atoms with van der Waals surface area (Å²) < 4.78 is 10.8. The van der Waals surface area contributed by atoms with Crippen LogP contribution >= 0.6 is 0 Å². The van der Waals surface area contributed by atoms with Gasteiger partial charge in [0.05, 0.1) is 6.04 Å². The van der Waals surface area contributed by atoms with Crippen LogP contribution in [0.15, 0.2) is 0 Å². The van der Waals surface area contributed by atoms with E-state index in [4.69, 9.17) is 0 Å². The van der Waals surface area contributed by atoms with Gasteiger partial charge in [0.15, 0.2) is 0 Å². The smallest absolute Gasteiger partial charge is 0.237 e. The van der Waals surface area contributed by atoms with Crippen LogP contribution < -0.4 is 10.6 Å². The van der Waals surface area contributed by atoms with Crippen LogP contribution in [0.3, 0.4) is 0 Å². The second-order valence-corrected chi connectivity index (χ2v) is 5.64. The molecule has 0 aromatic carbocycles. The summed E-state index contributed by atoms with van der Waals surface area (Å²) in [4.78, 5) is 11.5. The predicted octanol–water partition coefficient (Wildman–Crippen LogP) is 0.0117. The Morgan fingerprint density at radius 3 is 2.73 bits per heavy atom. The van der Waals surface area contributed by atoms with E-state index in [0.717, 1.165) is 25.8 Å². The molecule has 2 atom stereocenters. The molecule has 2 N–H and O–H groups in total. The summed E-state index contributed by atoms with van der Waals surface area (Å²) in [5.74, 6) is 0.777. The van der Waals surface area contributed by atoms with Gasteiger partial charge in [-0.1, -0.05) is 0 Å². The quantitative estimate of drug-likeness (QED) is 0.608. The zero-order valence-corrected chi connectivity index (χ0v) is 10.2. The van der Waals surface area contributed by atoms with E-state index in [1.54, 1.807) is 6.26 Å². The number of carbonyl (C=O) groups is 1. The molecule has 0 aliphatic heterocycles. The summed E-state index contributed by atoms with van der Waals surface area (Å²) in [5, 5.41) is 6.07. The maximum Gasteiger partial charge on any atom is 0.237 e. The number of hydrogen-bond donors (Lipinski definition) is 2. The second kappa shape index (κ2) is 6.23. The van der Waals surface area contributed by atoms with Crippen molar-refractivity contribution in [2.45, 2.75) is 38.3 Å². The molecule has 15 heavy (non-hydrogen) atoms. The Hall–Kier alpha value is -0.420. The number of hydrogen-bond acceptors (Lipinski definition) is 3. The van der Waals surface area contributed by atoms with Gasteiger partial charge >= 0.3 is 0 Å². The lowest BCUT2D eigenvalue weighted by atomic mass is 10.3. The highest BCUT2D eigenvalue weighted by molar-refractivity contribution is 7.84. The molecular weight excluding hydrogens is 212 g/mol. The van der Waals surface area contributed by atoms with E-state index < -0.39 is 10.8 Å². The third-order valence-electron chi connectivity index (χ3n) is 2.38. The molecule has 1 aliphatic carbocycles. The molecule has 0 heterocycles. The fourth-order valence-corrected chi connectivity index (χ4v) is 1.79. The first kappa shape index (κ1) is 12.6. The number of rotatable bonds is 7. The molecule has 1 fully saturated rings. The fraction of sp³-hybridized carbons (Fsp3) is 0.900. The molecule has 0 bridgehead atoms. The van der Waals surface area contributed by atoms with Crippen molar-refractivity contribution in [2.75, 3.05) is 18.6 Å². The molecule has 4 nitrogen and oxygen atoms in total. The van der Waals surface area contributed by atoms with Gasteiger partial charge in [0, 0.05) is 28.9 Å². The number of nitrogens with one attached hydrogen (secondary N) is 2. The van der Waals surface area contributed by atoms with Gasteiger partial charge < -0.3 is 10.6 Å². The summed E-state index contributed by atoms with van der Waals surface area (Å²) in [6.07, 6.45) is 4.79. The van der Waals surface area contributed by atoms with Gasteiger partial charge in [-0.05, 0) is 32.7 Å². The third kappa shape index (κ3) is 5.89. The molecule has 5 heteroatoms. The Morgan fingerprint density at radius 1 is 1.53 bits per heavy atom. The van der Waals surface area contributed by atoms with Crippen LogP contribution in [0.4, 0.5) is 0 Å². The Balaban J connectivity index is 2.03. The lowest BCUT2D eigenvalue weighted by Gasteiger charge is -2.13. The van der Waals surface area contributed by atoms with Crippen LogP contribution in [-0.4, -0.2) is 40.8 Å². The summed E-state index contributed by atoms with van der Waals surface area (Å²) in [6.45, 7) is 2.61. The minimum Gasteiger partial charge on any atom is -0.352 e. The van der Waals surface area contributed by atoms with Crippen molar-refractivity contribution in [1.82, 2.24) is 10.6 Å². The highest BCUT2D eigenvalue weighted by Crippen LogP contribution is 2.18. The molecule has 0 aromatic heterocycles. The van der Waals surface area contributed by atoms with Gasteiger partial charge in [-0.25, -0.2) is 0 Å². The van der Waals surface area contributed by atoms with Gasteiger partial charge in [-0.3, -0.25) is 9.00 Å². The van der Waals surface area contributed by atoms with E-state index in [1.165, 1.54) is 0 Å². The first-order valence-corrected chi connectivity index (χ1v) is 7.16. The molecule has 1 amide bonds. The predicted molar refractivity (Wildman–Crippen MR) is 62.2 cm³/mol. The standard InChI is InChI=1S/C10H20N2O2S/c1-8(10(13)12-9-4-5-9)11-6-3-7-15(2)14/h8-9,11H,3-7H2,1-2H3,(H,12,13). The molecule has 0 saturated heterocycles. The molecule has 0 radical (unpaired) electrons. The first-order valence-electron chi connectivity index (χ1n) is 5.43. The average Bonchev–Trinajstić information content (AvgIpc) is 2.95. The maximum atomic E-state index is 11.5. The van der Waals surface area contributed by atoms with Crippen molar-refractivity contribution >= 4 is 16.7 Å². The van der Waals surface area contributed by atoms with E-state index in [0.29, 0.717) is 11.8 Å². The lowest BCUT2D eigenvalue weighted by molar-refractivity contribution is -0.122. The number of amides is 1. The van der Waals surface area contributed by atoms with Crippen molar-refractivity contribution in [3.05, 3.63) is 0 Å². The molecule has 1 rings (SSSR count). The normalized spacial score (nSPS) is 19.6. The van der Waals surface area contributed by atoms with Gasteiger partial charge in [-0.15, -0.1) is 0 Å². The van der Waals surface area contributed by atoms with E-state index in [9.17, 15) is 9.00 Å². The average molecular weight is 232 g/mol. The maximum absolute atomic E-state index is 11.5. The van der Waals surface area contributed by atoms with Gasteiger partial charge in [0.1, 0.15) is 0 Å². The minimum absolute atomic E-state index is 0.0788. The number of carbonyl (C=O) groups excluding carboxylic acids is 1. The van der Waals surface area contributed by atoms with E-state index in [2.05, 4.69) is 10.6 Å². The first-order chi connectivity index (χ1) is 7.09. The summed E-state index contributed by atoms with van der Waals surface area (Å²) in [6, 6.07) is 0.279. The highest BCUT2D eigenvalue weighted by atomic mass is 32.2. The molecule has 2 unspecified atom stereocenters. The van der Waals surface area contributed by atoms with E-state index in [-0.39, 0.29) is 11.9 Å². The molecule has 1 saturated carbocycles. The lowest BCUT2D eigenvalue weighted by Crippen LogP contribution is -2.43. The van der Waals surface area contributed by atoms with Crippen LogP contribution in [0.1, 0.15) is 26.2 Å². The van der Waals surface area contributed by atoms with Crippen LogP contribution in [0.5, 0.6) is 0 Å². The van der Waals surface area contributed by atoms with Crippen LogP contribution in [0, 0.1) is 0 Å².